The fourth-order valence-corrected chi connectivity index (χ4v) is 2.64. The summed E-state index contributed by atoms with van der Waals surface area (Å²) in [5.74, 6) is 0.879. The van der Waals surface area contributed by atoms with Crippen molar-refractivity contribution in [2.45, 2.75) is 6.36 Å². The number of piperazine rings is 1. The molecular formula is C16H14F3N5O. The van der Waals surface area contributed by atoms with Gasteiger partial charge in [0.25, 0.3) is 0 Å². The Hall–Kier alpha value is -3.02. The minimum Gasteiger partial charge on any atom is -0.404 e. The third-order valence-corrected chi connectivity index (χ3v) is 3.76. The van der Waals surface area contributed by atoms with Crippen LogP contribution in [0.4, 0.5) is 24.8 Å². The molecule has 1 saturated heterocycles. The van der Waals surface area contributed by atoms with Crippen LogP contribution in [0.3, 0.4) is 0 Å². The summed E-state index contributed by atoms with van der Waals surface area (Å²) in [6.07, 6.45) is -2.03. The Labute approximate surface area is 142 Å². The third-order valence-electron chi connectivity index (χ3n) is 3.76. The van der Waals surface area contributed by atoms with E-state index in [1.165, 1.54) is 12.1 Å². The Bertz CT molecular complexity index is 765. The third kappa shape index (κ3) is 4.09. The Morgan fingerprint density at radius 2 is 1.76 bits per heavy atom. The van der Waals surface area contributed by atoms with Gasteiger partial charge in [0, 0.05) is 32.4 Å². The predicted octanol–water partition coefficient (Wildman–Crippen LogP) is 2.57. The molecule has 0 bridgehead atoms. The van der Waals surface area contributed by atoms with E-state index in [1.807, 2.05) is 9.80 Å². The number of anilines is 2. The topological polar surface area (TPSA) is 65.3 Å². The van der Waals surface area contributed by atoms with Gasteiger partial charge < -0.3 is 14.5 Å². The van der Waals surface area contributed by atoms with Gasteiger partial charge in [-0.15, -0.1) is 13.2 Å². The molecule has 3 rings (SSSR count). The van der Waals surface area contributed by atoms with Crippen molar-refractivity contribution in [2.24, 2.45) is 0 Å². The molecule has 25 heavy (non-hydrogen) atoms. The Kier molecular flexibility index (Phi) is 4.61. The summed E-state index contributed by atoms with van der Waals surface area (Å²) in [7, 11) is 0. The summed E-state index contributed by atoms with van der Waals surface area (Å²) in [6.45, 7) is 2.50. The zero-order valence-corrected chi connectivity index (χ0v) is 13.1. The zero-order valence-electron chi connectivity index (χ0n) is 13.1. The lowest BCUT2D eigenvalue weighted by molar-refractivity contribution is -0.274. The molecule has 0 saturated carbocycles. The summed E-state index contributed by atoms with van der Waals surface area (Å²) in [5.41, 5.74) is 0.516. The monoisotopic (exact) mass is 349 g/mol. The van der Waals surface area contributed by atoms with Crippen molar-refractivity contribution in [1.82, 2.24) is 9.97 Å². The molecule has 0 aromatic carbocycles. The maximum absolute atomic E-state index is 12.2. The molecule has 2 aromatic heterocycles. The molecule has 6 nitrogen and oxygen atoms in total. The normalized spacial score (nSPS) is 15.0. The summed E-state index contributed by atoms with van der Waals surface area (Å²) in [6, 6.07) is 8.30. The van der Waals surface area contributed by atoms with Crippen LogP contribution in [0.5, 0.6) is 5.75 Å². The van der Waals surface area contributed by atoms with E-state index >= 15 is 0 Å². The number of nitrogens with zero attached hydrogens (tertiary/aromatic N) is 5. The minimum atomic E-state index is -4.73. The van der Waals surface area contributed by atoms with E-state index in [-0.39, 0.29) is 5.75 Å². The van der Waals surface area contributed by atoms with E-state index < -0.39 is 6.36 Å². The quantitative estimate of drug-likeness (QED) is 0.849. The number of rotatable bonds is 3. The summed E-state index contributed by atoms with van der Waals surface area (Å²) < 4.78 is 40.3. The van der Waals surface area contributed by atoms with E-state index in [1.54, 1.807) is 18.3 Å². The first-order valence-electron chi connectivity index (χ1n) is 7.53. The average molecular weight is 349 g/mol. The molecule has 0 N–H and O–H groups in total. The van der Waals surface area contributed by atoms with Gasteiger partial charge in [-0.3, -0.25) is 0 Å². The average Bonchev–Trinajstić information content (AvgIpc) is 2.61. The second kappa shape index (κ2) is 6.84. The van der Waals surface area contributed by atoms with Crippen molar-refractivity contribution in [3.63, 3.8) is 0 Å². The molecule has 0 amide bonds. The zero-order chi connectivity index (χ0) is 17.9. The van der Waals surface area contributed by atoms with Gasteiger partial charge in [-0.25, -0.2) is 9.97 Å². The van der Waals surface area contributed by atoms with Gasteiger partial charge in [0.05, 0.1) is 11.8 Å². The van der Waals surface area contributed by atoms with Crippen LogP contribution in [-0.2, 0) is 0 Å². The standard InChI is InChI=1S/C16H14F3N5O/c17-16(18,19)25-13-3-4-14(22-11-13)23-6-8-24(9-7-23)15-12(10-20)2-1-5-21-15/h1-5,11H,6-9H2. The maximum atomic E-state index is 12.2. The van der Waals surface area contributed by atoms with Crippen LogP contribution < -0.4 is 14.5 Å². The van der Waals surface area contributed by atoms with E-state index in [0.29, 0.717) is 43.4 Å². The lowest BCUT2D eigenvalue weighted by Gasteiger charge is -2.36. The van der Waals surface area contributed by atoms with Crippen LogP contribution >= 0.6 is 0 Å². The Balaban J connectivity index is 1.63. The second-order valence-corrected chi connectivity index (χ2v) is 5.36. The van der Waals surface area contributed by atoms with E-state index in [9.17, 15) is 13.2 Å². The van der Waals surface area contributed by atoms with Crippen molar-refractivity contribution in [2.75, 3.05) is 36.0 Å². The van der Waals surface area contributed by atoms with Gasteiger partial charge in [-0.1, -0.05) is 0 Å². The highest BCUT2D eigenvalue weighted by molar-refractivity contribution is 5.55. The highest BCUT2D eigenvalue weighted by atomic mass is 19.4. The summed E-state index contributed by atoms with van der Waals surface area (Å²) >= 11 is 0. The lowest BCUT2D eigenvalue weighted by atomic mass is 10.2. The highest BCUT2D eigenvalue weighted by Crippen LogP contribution is 2.25. The van der Waals surface area contributed by atoms with Crippen molar-refractivity contribution in [3.05, 3.63) is 42.2 Å². The predicted molar refractivity (Wildman–Crippen MR) is 84.3 cm³/mol. The van der Waals surface area contributed by atoms with E-state index in [0.717, 1.165) is 6.20 Å². The number of hydrogen-bond donors (Lipinski definition) is 0. The molecule has 130 valence electrons. The van der Waals surface area contributed by atoms with Gasteiger partial charge in [0.2, 0.25) is 0 Å². The molecule has 9 heteroatoms. The number of ether oxygens (including phenoxy) is 1. The van der Waals surface area contributed by atoms with Crippen LogP contribution in [0.1, 0.15) is 5.56 Å². The summed E-state index contributed by atoms with van der Waals surface area (Å²) in [4.78, 5) is 12.3. The number of alkyl halides is 3. The lowest BCUT2D eigenvalue weighted by Crippen LogP contribution is -2.47. The first kappa shape index (κ1) is 16.8. The van der Waals surface area contributed by atoms with Gasteiger partial charge in [0.1, 0.15) is 23.5 Å². The van der Waals surface area contributed by atoms with Crippen molar-refractivity contribution in [3.8, 4) is 11.8 Å². The molecule has 0 radical (unpaired) electrons. The largest absolute Gasteiger partial charge is 0.573 e. The maximum Gasteiger partial charge on any atom is 0.573 e. The number of pyridine rings is 2. The summed E-state index contributed by atoms with van der Waals surface area (Å²) in [5, 5.41) is 9.16. The van der Waals surface area contributed by atoms with Crippen LogP contribution in [0.25, 0.3) is 0 Å². The van der Waals surface area contributed by atoms with Crippen LogP contribution in [0.15, 0.2) is 36.7 Å². The molecule has 1 fully saturated rings. The fraction of sp³-hybridized carbons (Fsp3) is 0.312. The number of halogens is 3. The molecule has 1 aliphatic rings. The molecule has 0 unspecified atom stereocenters. The molecule has 3 heterocycles. The van der Waals surface area contributed by atoms with Crippen molar-refractivity contribution in [1.29, 1.82) is 5.26 Å². The molecular weight excluding hydrogens is 335 g/mol. The fourth-order valence-electron chi connectivity index (χ4n) is 2.64. The molecule has 2 aromatic rings. The van der Waals surface area contributed by atoms with E-state index in [2.05, 4.69) is 20.8 Å². The Morgan fingerprint density at radius 1 is 1.04 bits per heavy atom. The van der Waals surface area contributed by atoms with Gasteiger partial charge in [-0.05, 0) is 24.3 Å². The van der Waals surface area contributed by atoms with Crippen LogP contribution in [0.2, 0.25) is 0 Å². The second-order valence-electron chi connectivity index (χ2n) is 5.36. The van der Waals surface area contributed by atoms with Gasteiger partial charge >= 0.3 is 6.36 Å². The molecule has 0 spiro atoms. The smallest absolute Gasteiger partial charge is 0.404 e. The first-order chi connectivity index (χ1) is 12.0. The molecule has 1 aliphatic heterocycles. The molecule has 0 aliphatic carbocycles. The Morgan fingerprint density at radius 3 is 2.36 bits per heavy atom. The number of aromatic nitrogens is 2. The van der Waals surface area contributed by atoms with Gasteiger partial charge in [-0.2, -0.15) is 5.26 Å². The highest BCUT2D eigenvalue weighted by Gasteiger charge is 2.31. The SMILES string of the molecule is N#Cc1cccnc1N1CCN(c2ccc(OC(F)(F)F)cn2)CC1. The van der Waals surface area contributed by atoms with Crippen molar-refractivity contribution >= 4 is 11.6 Å². The van der Waals surface area contributed by atoms with Crippen molar-refractivity contribution < 1.29 is 17.9 Å². The van der Waals surface area contributed by atoms with Crippen LogP contribution in [0, 0.1) is 11.3 Å². The van der Waals surface area contributed by atoms with Gasteiger partial charge in [0.15, 0.2) is 0 Å². The van der Waals surface area contributed by atoms with Crippen LogP contribution in [-0.4, -0.2) is 42.5 Å². The number of hydrogen-bond acceptors (Lipinski definition) is 6. The molecule has 0 atom stereocenters. The first-order valence-corrected chi connectivity index (χ1v) is 7.53. The minimum absolute atomic E-state index is 0.345. The van der Waals surface area contributed by atoms with E-state index in [4.69, 9.17) is 5.26 Å². The number of nitriles is 1.